The van der Waals surface area contributed by atoms with Crippen molar-refractivity contribution in [2.75, 3.05) is 0 Å². The molecule has 0 spiro atoms. The first-order chi connectivity index (χ1) is 7.65. The predicted molar refractivity (Wildman–Crippen MR) is 71.6 cm³/mol. The third kappa shape index (κ3) is 2.84. The van der Waals surface area contributed by atoms with Gasteiger partial charge in [-0.2, -0.15) is 0 Å². The zero-order valence-electron chi connectivity index (χ0n) is 8.20. The average Bonchev–Trinajstić information content (AvgIpc) is 2.57. The topological polar surface area (TPSA) is 29.1 Å². The van der Waals surface area contributed by atoms with Gasteiger partial charge in [0.1, 0.15) is 4.32 Å². The maximum Gasteiger partial charge on any atom is 0.263 e. The first kappa shape index (κ1) is 11.6. The number of amides is 1. The maximum atomic E-state index is 11.4. The van der Waals surface area contributed by atoms with Crippen LogP contribution in [0.15, 0.2) is 35.2 Å². The SMILES string of the molecule is O=C1NC(=S)SC1=CCc1ccc(Cl)cc1. The van der Waals surface area contributed by atoms with Gasteiger partial charge in [-0.15, -0.1) is 0 Å². The summed E-state index contributed by atoms with van der Waals surface area (Å²) in [5.74, 6) is -0.107. The molecule has 1 aliphatic rings. The highest BCUT2D eigenvalue weighted by atomic mass is 35.5. The monoisotopic (exact) mass is 269 g/mol. The Morgan fingerprint density at radius 3 is 2.62 bits per heavy atom. The van der Waals surface area contributed by atoms with Gasteiger partial charge in [0.05, 0.1) is 4.91 Å². The Morgan fingerprint density at radius 1 is 1.38 bits per heavy atom. The third-order valence-electron chi connectivity index (χ3n) is 2.08. The number of carbonyl (C=O) groups excluding carboxylic acids is 1. The van der Waals surface area contributed by atoms with Crippen LogP contribution >= 0.6 is 35.6 Å². The molecule has 0 unspecified atom stereocenters. The Labute approximate surface area is 108 Å². The van der Waals surface area contributed by atoms with Crippen molar-refractivity contribution < 1.29 is 4.79 Å². The fourth-order valence-electron chi connectivity index (χ4n) is 1.29. The van der Waals surface area contributed by atoms with Gasteiger partial charge >= 0.3 is 0 Å². The molecule has 1 heterocycles. The molecule has 16 heavy (non-hydrogen) atoms. The molecule has 2 nitrogen and oxygen atoms in total. The van der Waals surface area contributed by atoms with E-state index in [4.69, 9.17) is 23.8 Å². The average molecular weight is 270 g/mol. The van der Waals surface area contributed by atoms with Gasteiger partial charge in [0.2, 0.25) is 0 Å². The summed E-state index contributed by atoms with van der Waals surface area (Å²) < 4.78 is 0.521. The standard InChI is InChI=1S/C11H8ClNOS2/c12-8-4-1-7(2-5-8)3-6-9-10(14)13-11(15)16-9/h1-2,4-6H,3H2,(H,13,14,15). The Kier molecular flexibility index (Phi) is 3.63. The lowest BCUT2D eigenvalue weighted by molar-refractivity contribution is -0.115. The zero-order chi connectivity index (χ0) is 11.5. The molecular weight excluding hydrogens is 262 g/mol. The van der Waals surface area contributed by atoms with Crippen molar-refractivity contribution in [3.05, 3.63) is 45.8 Å². The van der Waals surface area contributed by atoms with Crippen molar-refractivity contribution in [1.29, 1.82) is 0 Å². The molecule has 0 aliphatic carbocycles. The van der Waals surface area contributed by atoms with Crippen LogP contribution in [0.25, 0.3) is 0 Å². The lowest BCUT2D eigenvalue weighted by Gasteiger charge is -1.97. The Hall–Kier alpha value is -0.840. The number of hydrogen-bond acceptors (Lipinski definition) is 3. The summed E-state index contributed by atoms with van der Waals surface area (Å²) >= 11 is 12.0. The van der Waals surface area contributed by atoms with Crippen LogP contribution in [-0.2, 0) is 11.2 Å². The Balaban J connectivity index is 2.06. The van der Waals surface area contributed by atoms with Crippen molar-refractivity contribution in [1.82, 2.24) is 5.32 Å². The van der Waals surface area contributed by atoms with Crippen LogP contribution < -0.4 is 5.32 Å². The molecule has 0 bridgehead atoms. The molecule has 1 aromatic rings. The molecule has 0 saturated carbocycles. The molecule has 82 valence electrons. The first-order valence-corrected chi connectivity index (χ1v) is 6.23. The van der Waals surface area contributed by atoms with E-state index >= 15 is 0 Å². The molecule has 1 N–H and O–H groups in total. The summed E-state index contributed by atoms with van der Waals surface area (Å²) in [6, 6.07) is 7.55. The number of thiocarbonyl (C=S) groups is 1. The van der Waals surface area contributed by atoms with E-state index in [2.05, 4.69) is 5.32 Å². The summed E-state index contributed by atoms with van der Waals surface area (Å²) in [6.07, 6.45) is 2.58. The van der Waals surface area contributed by atoms with E-state index in [1.54, 1.807) is 0 Å². The van der Waals surface area contributed by atoms with Crippen LogP contribution in [0.1, 0.15) is 5.56 Å². The van der Waals surface area contributed by atoms with Gasteiger partial charge in [-0.3, -0.25) is 4.79 Å². The minimum absolute atomic E-state index is 0.107. The lowest BCUT2D eigenvalue weighted by atomic mass is 10.1. The van der Waals surface area contributed by atoms with Crippen LogP contribution in [0.3, 0.4) is 0 Å². The van der Waals surface area contributed by atoms with Crippen molar-refractivity contribution >= 4 is 45.8 Å². The van der Waals surface area contributed by atoms with Gasteiger partial charge in [-0.05, 0) is 24.1 Å². The second-order valence-electron chi connectivity index (χ2n) is 3.24. The minimum atomic E-state index is -0.107. The molecule has 5 heteroatoms. The van der Waals surface area contributed by atoms with Crippen molar-refractivity contribution in [3.8, 4) is 0 Å². The number of halogens is 1. The van der Waals surface area contributed by atoms with Crippen molar-refractivity contribution in [2.24, 2.45) is 0 Å². The molecule has 1 fully saturated rings. The van der Waals surface area contributed by atoms with Gasteiger partial charge in [0.15, 0.2) is 0 Å². The largest absolute Gasteiger partial charge is 0.307 e. The number of carbonyl (C=O) groups is 1. The van der Waals surface area contributed by atoms with Crippen LogP contribution in [0.5, 0.6) is 0 Å². The normalized spacial score (nSPS) is 17.9. The molecule has 1 saturated heterocycles. The van der Waals surface area contributed by atoms with Gasteiger partial charge in [0, 0.05) is 5.02 Å². The highest BCUT2D eigenvalue weighted by molar-refractivity contribution is 8.26. The summed E-state index contributed by atoms with van der Waals surface area (Å²) in [5.41, 5.74) is 1.11. The Bertz CT molecular complexity index is 467. The number of hydrogen-bond donors (Lipinski definition) is 1. The summed E-state index contributed by atoms with van der Waals surface area (Å²) in [5, 5.41) is 3.29. The van der Waals surface area contributed by atoms with E-state index in [1.807, 2.05) is 30.3 Å². The van der Waals surface area contributed by atoms with E-state index in [-0.39, 0.29) is 5.91 Å². The maximum absolute atomic E-state index is 11.4. The molecular formula is C11H8ClNOS2. The molecule has 1 amide bonds. The fourth-order valence-corrected chi connectivity index (χ4v) is 2.43. The van der Waals surface area contributed by atoms with Crippen molar-refractivity contribution in [2.45, 2.75) is 6.42 Å². The second kappa shape index (κ2) is 4.99. The summed E-state index contributed by atoms with van der Waals surface area (Å²) in [7, 11) is 0. The molecule has 0 atom stereocenters. The van der Waals surface area contributed by atoms with E-state index in [0.29, 0.717) is 20.7 Å². The number of thioether (sulfide) groups is 1. The smallest absolute Gasteiger partial charge is 0.263 e. The zero-order valence-corrected chi connectivity index (χ0v) is 10.6. The van der Waals surface area contributed by atoms with Crippen LogP contribution in [0.4, 0.5) is 0 Å². The highest BCUT2D eigenvalue weighted by Crippen LogP contribution is 2.24. The third-order valence-corrected chi connectivity index (χ3v) is 3.54. The van der Waals surface area contributed by atoms with Crippen LogP contribution in [0.2, 0.25) is 5.02 Å². The van der Waals surface area contributed by atoms with Crippen LogP contribution in [-0.4, -0.2) is 10.2 Å². The molecule has 0 aromatic heterocycles. The van der Waals surface area contributed by atoms with Gasteiger partial charge in [-0.1, -0.05) is 53.8 Å². The van der Waals surface area contributed by atoms with E-state index in [1.165, 1.54) is 11.8 Å². The summed E-state index contributed by atoms with van der Waals surface area (Å²) in [6.45, 7) is 0. The van der Waals surface area contributed by atoms with Gasteiger partial charge < -0.3 is 5.32 Å². The molecule has 1 aliphatic heterocycles. The van der Waals surface area contributed by atoms with Gasteiger partial charge in [-0.25, -0.2) is 0 Å². The second-order valence-corrected chi connectivity index (χ2v) is 5.40. The fraction of sp³-hybridized carbons (Fsp3) is 0.0909. The molecule has 1 aromatic carbocycles. The quantitative estimate of drug-likeness (QED) is 0.661. The minimum Gasteiger partial charge on any atom is -0.307 e. The predicted octanol–water partition coefficient (Wildman–Crippen LogP) is 2.91. The van der Waals surface area contributed by atoms with Crippen LogP contribution in [0, 0.1) is 0 Å². The lowest BCUT2D eigenvalue weighted by Crippen LogP contribution is -2.17. The van der Waals surface area contributed by atoms with Gasteiger partial charge in [0.25, 0.3) is 5.91 Å². The van der Waals surface area contributed by atoms with Crippen molar-refractivity contribution in [3.63, 3.8) is 0 Å². The molecule has 2 rings (SSSR count). The number of allylic oxidation sites excluding steroid dienone is 1. The van der Waals surface area contributed by atoms with E-state index < -0.39 is 0 Å². The number of benzene rings is 1. The number of nitrogens with one attached hydrogen (secondary N) is 1. The molecule has 0 radical (unpaired) electrons. The van der Waals surface area contributed by atoms with E-state index in [0.717, 1.165) is 5.56 Å². The van der Waals surface area contributed by atoms with E-state index in [9.17, 15) is 4.79 Å². The summed E-state index contributed by atoms with van der Waals surface area (Å²) in [4.78, 5) is 12.0. The first-order valence-electron chi connectivity index (χ1n) is 4.63. The highest BCUT2D eigenvalue weighted by Gasteiger charge is 2.21. The Morgan fingerprint density at radius 2 is 2.06 bits per heavy atom. The number of rotatable bonds is 2.